The molecule has 41 heavy (non-hydrogen) atoms. The summed E-state index contributed by atoms with van der Waals surface area (Å²) in [7, 11) is 0. The number of nitrogens with two attached hydrogens (primary N) is 1. The zero-order chi connectivity index (χ0) is 29.8. The predicted molar refractivity (Wildman–Crippen MR) is 144 cm³/mol. The molecule has 0 bridgehead atoms. The Labute approximate surface area is 237 Å². The fourth-order valence-electron chi connectivity index (χ4n) is 4.68. The number of thioether (sulfide) groups is 1. The number of aliphatic hydroxyl groups excluding tert-OH is 1. The number of esters is 2. The molecule has 0 unspecified atom stereocenters. The van der Waals surface area contributed by atoms with Crippen molar-refractivity contribution >= 4 is 41.0 Å². The number of rotatable bonds is 12. The van der Waals surface area contributed by atoms with Gasteiger partial charge in [-0.2, -0.15) is 0 Å². The lowest BCUT2D eigenvalue weighted by molar-refractivity contribution is -0.385. The van der Waals surface area contributed by atoms with Gasteiger partial charge in [0, 0.05) is 53.5 Å². The van der Waals surface area contributed by atoms with Crippen molar-refractivity contribution in [2.75, 3.05) is 12.3 Å². The van der Waals surface area contributed by atoms with Gasteiger partial charge in [-0.3, -0.25) is 25.0 Å². The summed E-state index contributed by atoms with van der Waals surface area (Å²) >= 11 is 1.32. The first-order valence-electron chi connectivity index (χ1n) is 12.5. The van der Waals surface area contributed by atoms with E-state index >= 15 is 0 Å². The van der Waals surface area contributed by atoms with Crippen molar-refractivity contribution in [2.24, 2.45) is 11.7 Å². The van der Waals surface area contributed by atoms with Crippen LogP contribution in [-0.4, -0.2) is 62.1 Å². The number of aliphatic hydroxyl groups is 1. The lowest BCUT2D eigenvalue weighted by Gasteiger charge is -2.44. The van der Waals surface area contributed by atoms with Gasteiger partial charge in [0.2, 0.25) is 5.91 Å². The van der Waals surface area contributed by atoms with Crippen LogP contribution in [0.5, 0.6) is 0 Å². The molecule has 3 atom stereocenters. The smallest absolute Gasteiger partial charge is 0.356 e. The molecule has 1 saturated heterocycles. The fraction of sp³-hybridized carbons (Fsp3) is 0.346. The van der Waals surface area contributed by atoms with E-state index in [2.05, 4.69) is 0 Å². The third-order valence-corrected chi connectivity index (χ3v) is 7.82. The number of nitro benzene ring substituents is 2. The monoisotopic (exact) mass is 586 g/mol. The minimum atomic E-state index is -0.935. The van der Waals surface area contributed by atoms with Gasteiger partial charge in [0.15, 0.2) is 0 Å². The zero-order valence-corrected chi connectivity index (χ0v) is 22.6. The van der Waals surface area contributed by atoms with E-state index in [0.717, 1.165) is 12.1 Å². The highest BCUT2D eigenvalue weighted by Gasteiger charge is 2.57. The summed E-state index contributed by atoms with van der Waals surface area (Å²) in [5.41, 5.74) is 5.50. The zero-order valence-electron chi connectivity index (χ0n) is 21.8. The van der Waals surface area contributed by atoms with E-state index in [9.17, 15) is 39.7 Å². The van der Waals surface area contributed by atoms with Gasteiger partial charge in [-0.15, -0.1) is 11.8 Å². The minimum absolute atomic E-state index is 0.0551. The molecule has 0 spiro atoms. The maximum absolute atomic E-state index is 13.2. The number of hydrogen-bond donors (Lipinski definition) is 2. The molecule has 15 heteroatoms. The molecule has 1 amide bonds. The number of fused-ring (bicyclic) bond motifs is 1. The molecule has 2 aromatic carbocycles. The Hall–Kier alpha value is -4.34. The van der Waals surface area contributed by atoms with Crippen molar-refractivity contribution in [1.82, 2.24) is 4.90 Å². The lowest BCUT2D eigenvalue weighted by atomic mass is 9.83. The number of carbonyl (C=O) groups excluding carboxylic acids is 3. The average Bonchev–Trinajstić information content (AvgIpc) is 3.27. The molecule has 0 aliphatic carbocycles. The third kappa shape index (κ3) is 6.21. The number of non-ortho nitro benzene ring substituents is 2. The van der Waals surface area contributed by atoms with Gasteiger partial charge in [-0.1, -0.05) is 0 Å². The Morgan fingerprint density at radius 2 is 1.71 bits per heavy atom. The fourth-order valence-corrected chi connectivity index (χ4v) is 5.65. The van der Waals surface area contributed by atoms with Crippen LogP contribution >= 0.6 is 11.8 Å². The second-order valence-electron chi connectivity index (χ2n) is 9.33. The molecule has 3 N–H and O–H groups in total. The maximum atomic E-state index is 13.2. The molecular formula is C26H26N4O10S. The van der Waals surface area contributed by atoms with E-state index in [-0.39, 0.29) is 40.8 Å². The summed E-state index contributed by atoms with van der Waals surface area (Å²) in [4.78, 5) is 61.6. The normalized spacial score (nSPS) is 18.4. The van der Waals surface area contributed by atoms with Crippen LogP contribution in [0.2, 0.25) is 0 Å². The van der Waals surface area contributed by atoms with Gasteiger partial charge in [-0.05, 0) is 30.7 Å². The molecule has 0 radical (unpaired) electrons. The second kappa shape index (κ2) is 12.4. The summed E-state index contributed by atoms with van der Waals surface area (Å²) in [6.45, 7) is 1.13. The maximum Gasteiger partial charge on any atom is 0.356 e. The molecule has 4 rings (SSSR count). The van der Waals surface area contributed by atoms with E-state index in [1.807, 2.05) is 0 Å². The Morgan fingerprint density at radius 1 is 1.07 bits per heavy atom. The number of ether oxygens (including phenoxy) is 2. The number of nitro groups is 2. The van der Waals surface area contributed by atoms with Gasteiger partial charge < -0.3 is 25.2 Å². The van der Waals surface area contributed by atoms with E-state index in [1.165, 1.54) is 53.9 Å². The highest BCUT2D eigenvalue weighted by Crippen LogP contribution is 2.47. The van der Waals surface area contributed by atoms with Gasteiger partial charge in [0.25, 0.3) is 11.4 Å². The summed E-state index contributed by atoms with van der Waals surface area (Å²) in [5.74, 6) is -2.30. The van der Waals surface area contributed by atoms with Crippen LogP contribution in [-0.2, 0) is 32.3 Å². The Kier molecular flexibility index (Phi) is 9.00. The summed E-state index contributed by atoms with van der Waals surface area (Å²) < 4.78 is 10.7. The molecule has 0 saturated carbocycles. The Morgan fingerprint density at radius 3 is 2.32 bits per heavy atom. The second-order valence-corrected chi connectivity index (χ2v) is 10.5. The van der Waals surface area contributed by atoms with Crippen molar-refractivity contribution in [3.63, 3.8) is 0 Å². The van der Waals surface area contributed by atoms with Crippen LogP contribution < -0.4 is 5.73 Å². The van der Waals surface area contributed by atoms with E-state index in [1.54, 1.807) is 0 Å². The van der Waals surface area contributed by atoms with E-state index in [0.29, 0.717) is 29.2 Å². The standard InChI is InChI=1S/C26H26N4O10S/c1-14(31)22-20-11-21(41-9-8-27)23(28(20)24(22)32)26(34)40-13-16-4-7-18(30(37)38)10-19(16)25(33)39-12-15-2-5-17(6-3-15)29(35)36/h2-7,10,14,20,22,31H,8-9,11-13,27H2,1H3/t14-,20-,22-/m1/s1. The van der Waals surface area contributed by atoms with Gasteiger partial charge >= 0.3 is 11.9 Å². The predicted octanol–water partition coefficient (Wildman–Crippen LogP) is 2.42. The molecule has 2 heterocycles. The summed E-state index contributed by atoms with van der Waals surface area (Å²) in [6, 6.07) is 8.34. The van der Waals surface area contributed by atoms with Crippen molar-refractivity contribution in [3.8, 4) is 0 Å². The van der Waals surface area contributed by atoms with Crippen molar-refractivity contribution in [2.45, 2.75) is 38.7 Å². The van der Waals surface area contributed by atoms with Gasteiger partial charge in [0.1, 0.15) is 18.9 Å². The SMILES string of the molecule is C[C@@H](O)[C@H]1C(=O)N2C(C(=O)OCc3ccc([N+](=O)[O-])cc3C(=O)OCc3ccc([N+](=O)[O-])cc3)=C(SCCN)C[C@H]12. The molecule has 216 valence electrons. The quantitative estimate of drug-likeness (QED) is 0.159. The molecule has 2 aromatic rings. The lowest BCUT2D eigenvalue weighted by Crippen LogP contribution is -2.61. The van der Waals surface area contributed by atoms with Crippen LogP contribution in [0.4, 0.5) is 11.4 Å². The number of nitrogens with zero attached hydrogens (tertiary/aromatic N) is 3. The highest BCUT2D eigenvalue weighted by molar-refractivity contribution is 8.03. The number of benzene rings is 2. The molecule has 14 nitrogen and oxygen atoms in total. The first-order chi connectivity index (χ1) is 19.5. The number of β-lactam (4-membered cyclic amide) rings is 1. The summed E-state index contributed by atoms with van der Waals surface area (Å²) in [6.07, 6.45) is -0.520. The van der Waals surface area contributed by atoms with Crippen LogP contribution in [0.1, 0.15) is 34.8 Å². The summed E-state index contributed by atoms with van der Waals surface area (Å²) in [5, 5.41) is 32.2. The van der Waals surface area contributed by atoms with E-state index in [4.69, 9.17) is 15.2 Å². The van der Waals surface area contributed by atoms with Crippen molar-refractivity contribution in [3.05, 3.63) is 90.0 Å². The first-order valence-corrected chi connectivity index (χ1v) is 13.4. The van der Waals surface area contributed by atoms with E-state index < -0.39 is 46.3 Å². The number of hydrogen-bond acceptors (Lipinski definition) is 12. The highest BCUT2D eigenvalue weighted by atomic mass is 32.2. The van der Waals surface area contributed by atoms with Crippen LogP contribution in [0.3, 0.4) is 0 Å². The molecular weight excluding hydrogens is 560 g/mol. The molecule has 2 aliphatic heterocycles. The number of amides is 1. The largest absolute Gasteiger partial charge is 0.457 e. The third-order valence-electron chi connectivity index (χ3n) is 6.68. The Bertz CT molecular complexity index is 1430. The topological polar surface area (TPSA) is 205 Å². The van der Waals surface area contributed by atoms with Crippen molar-refractivity contribution < 1.29 is 38.8 Å². The van der Waals surface area contributed by atoms with Crippen LogP contribution in [0.25, 0.3) is 0 Å². The van der Waals surface area contributed by atoms with Crippen LogP contribution in [0.15, 0.2) is 53.1 Å². The first kappa shape index (κ1) is 29.6. The molecule has 1 fully saturated rings. The average molecular weight is 587 g/mol. The van der Waals surface area contributed by atoms with Gasteiger partial charge in [0.05, 0.1) is 33.5 Å². The van der Waals surface area contributed by atoms with Crippen molar-refractivity contribution in [1.29, 1.82) is 0 Å². The molecule has 0 aromatic heterocycles. The molecule has 2 aliphatic rings. The van der Waals surface area contributed by atoms with Crippen LogP contribution in [0, 0.1) is 26.1 Å². The number of carbonyl (C=O) groups is 3. The van der Waals surface area contributed by atoms with Gasteiger partial charge in [-0.25, -0.2) is 9.59 Å². The Balaban J connectivity index is 1.51. The minimum Gasteiger partial charge on any atom is -0.457 e.